The zero-order valence-electron chi connectivity index (χ0n) is 10.6. The van der Waals surface area contributed by atoms with Crippen LogP contribution < -0.4 is 5.32 Å². The first-order chi connectivity index (χ1) is 7.50. The van der Waals surface area contributed by atoms with Gasteiger partial charge in [-0.05, 0) is 11.6 Å². The monoisotopic (exact) mass is 219 g/mol. The summed E-state index contributed by atoms with van der Waals surface area (Å²) in [5.74, 6) is 0.278. The smallest absolute Gasteiger partial charge is 0.165 e. The van der Waals surface area contributed by atoms with Crippen LogP contribution in [0.4, 0.5) is 0 Å². The summed E-state index contributed by atoms with van der Waals surface area (Å²) in [5, 5.41) is 3.35. The van der Waals surface area contributed by atoms with Crippen LogP contribution in [0.3, 0.4) is 0 Å². The number of benzene rings is 1. The van der Waals surface area contributed by atoms with Gasteiger partial charge in [-0.25, -0.2) is 0 Å². The number of hydrogen-bond donors (Lipinski definition) is 1. The summed E-state index contributed by atoms with van der Waals surface area (Å²) in [7, 11) is 0. The van der Waals surface area contributed by atoms with E-state index < -0.39 is 0 Å². The summed E-state index contributed by atoms with van der Waals surface area (Å²) < 4.78 is 0. The van der Waals surface area contributed by atoms with Crippen LogP contribution in [0.25, 0.3) is 0 Å². The fourth-order valence-electron chi connectivity index (χ4n) is 1.49. The Bertz CT molecular complexity index is 356. The molecule has 88 valence electrons. The molecule has 0 atom stereocenters. The molecule has 0 amide bonds. The molecule has 2 nitrogen and oxygen atoms in total. The lowest BCUT2D eigenvalue weighted by Gasteiger charge is -2.10. The third kappa shape index (κ3) is 3.78. The number of carbonyl (C=O) groups excluding carboxylic acids is 1. The van der Waals surface area contributed by atoms with Gasteiger partial charge >= 0.3 is 0 Å². The Labute approximate surface area is 98.1 Å². The average Bonchev–Trinajstić information content (AvgIpc) is 2.25. The molecule has 1 aromatic rings. The number of hydrogen-bond acceptors (Lipinski definition) is 2. The second-order valence-corrected chi connectivity index (χ2v) is 4.75. The summed E-state index contributed by atoms with van der Waals surface area (Å²) in [4.78, 5) is 11.8. The van der Waals surface area contributed by atoms with Gasteiger partial charge in [0, 0.05) is 24.1 Å². The third-order valence-electron chi connectivity index (χ3n) is 2.45. The molecule has 0 saturated heterocycles. The Morgan fingerprint density at radius 1 is 1.25 bits per heavy atom. The molecule has 1 aromatic carbocycles. The van der Waals surface area contributed by atoms with E-state index in [0.717, 1.165) is 12.1 Å². The third-order valence-corrected chi connectivity index (χ3v) is 2.45. The van der Waals surface area contributed by atoms with Gasteiger partial charge in [0.1, 0.15) is 0 Å². The van der Waals surface area contributed by atoms with E-state index in [-0.39, 0.29) is 11.7 Å². The molecule has 0 aliphatic carbocycles. The van der Waals surface area contributed by atoms with E-state index in [4.69, 9.17) is 0 Å². The molecule has 0 aromatic heterocycles. The topological polar surface area (TPSA) is 29.1 Å². The Hall–Kier alpha value is -1.15. The summed E-state index contributed by atoms with van der Waals surface area (Å²) in [6.45, 7) is 8.91. The van der Waals surface area contributed by atoms with Crippen LogP contribution in [-0.2, 0) is 6.54 Å². The molecular weight excluding hydrogens is 198 g/mol. The summed E-state index contributed by atoms with van der Waals surface area (Å²) >= 11 is 0. The molecule has 0 fully saturated rings. The first-order valence-corrected chi connectivity index (χ1v) is 5.87. The van der Waals surface area contributed by atoms with Crippen LogP contribution in [0, 0.1) is 5.92 Å². The summed E-state index contributed by atoms with van der Waals surface area (Å²) in [5.41, 5.74) is 1.98. The van der Waals surface area contributed by atoms with Crippen molar-refractivity contribution in [3.05, 3.63) is 35.4 Å². The molecule has 1 rings (SSSR count). The fourth-order valence-corrected chi connectivity index (χ4v) is 1.49. The van der Waals surface area contributed by atoms with Crippen LogP contribution in [0.15, 0.2) is 24.3 Å². The molecule has 0 bridgehead atoms. The van der Waals surface area contributed by atoms with Gasteiger partial charge < -0.3 is 5.32 Å². The van der Waals surface area contributed by atoms with E-state index >= 15 is 0 Å². The van der Waals surface area contributed by atoms with E-state index in [1.54, 1.807) is 0 Å². The molecule has 0 aliphatic rings. The van der Waals surface area contributed by atoms with E-state index in [1.165, 1.54) is 5.56 Å². The SMILES string of the molecule is CC(C)NCc1cccc(C(=O)C(C)C)c1. The van der Waals surface area contributed by atoms with E-state index in [1.807, 2.05) is 38.1 Å². The van der Waals surface area contributed by atoms with Crippen molar-refractivity contribution in [3.63, 3.8) is 0 Å². The Kier molecular flexibility index (Phi) is 4.69. The number of carbonyl (C=O) groups is 1. The normalized spacial score (nSPS) is 11.1. The van der Waals surface area contributed by atoms with Crippen molar-refractivity contribution in [2.75, 3.05) is 0 Å². The van der Waals surface area contributed by atoms with Crippen LogP contribution in [0.5, 0.6) is 0 Å². The Morgan fingerprint density at radius 3 is 2.50 bits per heavy atom. The van der Waals surface area contributed by atoms with Crippen LogP contribution in [0.1, 0.15) is 43.6 Å². The Morgan fingerprint density at radius 2 is 1.94 bits per heavy atom. The van der Waals surface area contributed by atoms with Crippen molar-refractivity contribution in [2.45, 2.75) is 40.3 Å². The number of ketones is 1. The van der Waals surface area contributed by atoms with Gasteiger partial charge in [-0.3, -0.25) is 4.79 Å². The minimum atomic E-state index is 0.0632. The molecule has 16 heavy (non-hydrogen) atoms. The predicted octanol–water partition coefficient (Wildman–Crippen LogP) is 3.02. The van der Waals surface area contributed by atoms with Gasteiger partial charge in [0.05, 0.1) is 0 Å². The van der Waals surface area contributed by atoms with Crippen molar-refractivity contribution in [2.24, 2.45) is 5.92 Å². The molecule has 0 aliphatic heterocycles. The second-order valence-electron chi connectivity index (χ2n) is 4.75. The fraction of sp³-hybridized carbons (Fsp3) is 0.500. The molecule has 0 heterocycles. The van der Waals surface area contributed by atoms with Crippen LogP contribution >= 0.6 is 0 Å². The van der Waals surface area contributed by atoms with Crippen LogP contribution in [-0.4, -0.2) is 11.8 Å². The maximum atomic E-state index is 11.8. The lowest BCUT2D eigenvalue weighted by molar-refractivity contribution is 0.0939. The quantitative estimate of drug-likeness (QED) is 0.771. The maximum absolute atomic E-state index is 11.8. The molecule has 0 unspecified atom stereocenters. The minimum absolute atomic E-state index is 0.0632. The van der Waals surface area contributed by atoms with Gasteiger partial charge in [-0.15, -0.1) is 0 Å². The van der Waals surface area contributed by atoms with Crippen molar-refractivity contribution in [1.29, 1.82) is 0 Å². The van der Waals surface area contributed by atoms with Gasteiger partial charge in [0.2, 0.25) is 0 Å². The summed E-state index contributed by atoms with van der Waals surface area (Å²) in [6.07, 6.45) is 0. The number of nitrogens with one attached hydrogen (secondary N) is 1. The van der Waals surface area contributed by atoms with Crippen molar-refractivity contribution >= 4 is 5.78 Å². The minimum Gasteiger partial charge on any atom is -0.310 e. The first-order valence-electron chi connectivity index (χ1n) is 5.87. The van der Waals surface area contributed by atoms with Crippen molar-refractivity contribution < 1.29 is 4.79 Å². The zero-order chi connectivity index (χ0) is 12.1. The average molecular weight is 219 g/mol. The first kappa shape index (κ1) is 12.9. The molecule has 0 saturated carbocycles. The molecule has 0 spiro atoms. The van der Waals surface area contributed by atoms with Gasteiger partial charge in [0.15, 0.2) is 5.78 Å². The highest BCUT2D eigenvalue weighted by atomic mass is 16.1. The molecule has 0 radical (unpaired) electrons. The second kappa shape index (κ2) is 5.80. The zero-order valence-corrected chi connectivity index (χ0v) is 10.6. The lowest BCUT2D eigenvalue weighted by atomic mass is 9.99. The molecule has 1 N–H and O–H groups in total. The Balaban J connectivity index is 2.75. The van der Waals surface area contributed by atoms with Gasteiger partial charge in [0.25, 0.3) is 0 Å². The van der Waals surface area contributed by atoms with E-state index in [0.29, 0.717) is 6.04 Å². The standard InChI is InChI=1S/C14H21NO/c1-10(2)14(16)13-7-5-6-12(8-13)9-15-11(3)4/h5-8,10-11,15H,9H2,1-4H3. The molecular formula is C14H21NO. The van der Waals surface area contributed by atoms with Gasteiger partial charge in [-0.2, -0.15) is 0 Å². The number of rotatable bonds is 5. The highest BCUT2D eigenvalue weighted by molar-refractivity contribution is 5.97. The van der Waals surface area contributed by atoms with E-state index in [9.17, 15) is 4.79 Å². The van der Waals surface area contributed by atoms with Gasteiger partial charge in [-0.1, -0.05) is 45.9 Å². The number of Topliss-reactive ketones (excluding diaryl/α,β-unsaturated/α-hetero) is 1. The summed E-state index contributed by atoms with van der Waals surface area (Å²) in [6, 6.07) is 8.34. The molecule has 2 heteroatoms. The highest BCUT2D eigenvalue weighted by Crippen LogP contribution is 2.11. The predicted molar refractivity (Wildman–Crippen MR) is 67.6 cm³/mol. The van der Waals surface area contributed by atoms with E-state index in [2.05, 4.69) is 19.2 Å². The van der Waals surface area contributed by atoms with Crippen molar-refractivity contribution in [1.82, 2.24) is 5.32 Å². The largest absolute Gasteiger partial charge is 0.310 e. The highest BCUT2D eigenvalue weighted by Gasteiger charge is 2.10. The maximum Gasteiger partial charge on any atom is 0.165 e. The lowest BCUT2D eigenvalue weighted by Crippen LogP contribution is -2.22. The van der Waals surface area contributed by atoms with Crippen molar-refractivity contribution in [3.8, 4) is 0 Å². The van der Waals surface area contributed by atoms with Crippen LogP contribution in [0.2, 0.25) is 0 Å².